The van der Waals surface area contributed by atoms with Crippen LogP contribution < -0.4 is 21.5 Å². The van der Waals surface area contributed by atoms with Gasteiger partial charge in [-0.3, -0.25) is 15.1 Å². The third kappa shape index (κ3) is 2.03. The average molecular weight is 363 g/mol. The fourth-order valence-electron chi connectivity index (χ4n) is 3.68. The van der Waals surface area contributed by atoms with Crippen molar-refractivity contribution >= 4 is 35.0 Å². The summed E-state index contributed by atoms with van der Waals surface area (Å²) in [5.41, 5.74) is 11.5. The van der Waals surface area contributed by atoms with Crippen LogP contribution in [0.15, 0.2) is 5.16 Å². The molecule has 3 aliphatic rings. The highest BCUT2D eigenvalue weighted by Crippen LogP contribution is 2.47. The Kier molecular flexibility index (Phi) is 3.34. The smallest absolute Gasteiger partial charge is 0.249 e. The normalized spacial score (nSPS) is 21.2. The third-order valence-electron chi connectivity index (χ3n) is 4.65. The van der Waals surface area contributed by atoms with E-state index in [1.807, 2.05) is 16.3 Å². The SMILES string of the molecule is NC(=O)CSc1nnc2n1-c1sc3c(c1C1NCNN21)CCCC3. The van der Waals surface area contributed by atoms with Gasteiger partial charge in [0.2, 0.25) is 11.9 Å². The molecule has 10 heteroatoms. The zero-order valence-electron chi connectivity index (χ0n) is 12.9. The van der Waals surface area contributed by atoms with E-state index in [9.17, 15) is 4.79 Å². The van der Waals surface area contributed by atoms with Crippen molar-refractivity contribution in [1.82, 2.24) is 25.5 Å². The monoisotopic (exact) mass is 363 g/mol. The quantitative estimate of drug-likeness (QED) is 0.689. The molecule has 0 aromatic carbocycles. The number of nitrogens with zero attached hydrogens (tertiary/aromatic N) is 4. The van der Waals surface area contributed by atoms with Gasteiger partial charge in [-0.2, -0.15) is 0 Å². The molecular weight excluding hydrogens is 346 g/mol. The first-order valence-corrected chi connectivity index (χ1v) is 9.81. The van der Waals surface area contributed by atoms with Gasteiger partial charge >= 0.3 is 0 Å². The number of rotatable bonds is 3. The number of primary amides is 1. The van der Waals surface area contributed by atoms with Crippen LogP contribution >= 0.6 is 23.1 Å². The van der Waals surface area contributed by atoms with Crippen molar-refractivity contribution in [1.29, 1.82) is 0 Å². The van der Waals surface area contributed by atoms with Gasteiger partial charge in [-0.1, -0.05) is 11.8 Å². The Morgan fingerprint density at radius 3 is 3.12 bits per heavy atom. The number of anilines is 1. The van der Waals surface area contributed by atoms with Crippen molar-refractivity contribution in [3.63, 3.8) is 0 Å². The summed E-state index contributed by atoms with van der Waals surface area (Å²) in [5.74, 6) is 0.619. The first-order chi connectivity index (χ1) is 11.7. The van der Waals surface area contributed by atoms with Crippen LogP contribution in [0.3, 0.4) is 0 Å². The zero-order valence-corrected chi connectivity index (χ0v) is 14.5. The summed E-state index contributed by atoms with van der Waals surface area (Å²) in [6.07, 6.45) is 4.88. The van der Waals surface area contributed by atoms with Crippen molar-refractivity contribution in [3.05, 3.63) is 16.0 Å². The Morgan fingerprint density at radius 1 is 1.38 bits per heavy atom. The molecule has 2 aromatic rings. The molecule has 1 aliphatic carbocycles. The van der Waals surface area contributed by atoms with Crippen molar-refractivity contribution in [2.24, 2.45) is 5.73 Å². The second-order valence-corrected chi connectivity index (χ2v) is 8.14. The molecule has 0 spiro atoms. The first kappa shape index (κ1) is 14.7. The van der Waals surface area contributed by atoms with E-state index in [0.29, 0.717) is 6.67 Å². The number of nitrogens with one attached hydrogen (secondary N) is 2. The van der Waals surface area contributed by atoms with E-state index in [-0.39, 0.29) is 17.8 Å². The van der Waals surface area contributed by atoms with Crippen molar-refractivity contribution in [2.75, 3.05) is 17.4 Å². The number of carbonyl (C=O) groups is 1. The Bertz CT molecular complexity index is 829. The maximum Gasteiger partial charge on any atom is 0.249 e. The van der Waals surface area contributed by atoms with Crippen LogP contribution in [-0.2, 0) is 17.6 Å². The molecule has 0 saturated carbocycles. The van der Waals surface area contributed by atoms with Gasteiger partial charge in [0.1, 0.15) is 11.2 Å². The number of aryl methyl sites for hydroxylation is 1. The van der Waals surface area contributed by atoms with Crippen LogP contribution in [0.2, 0.25) is 0 Å². The van der Waals surface area contributed by atoms with E-state index in [2.05, 4.69) is 25.5 Å². The van der Waals surface area contributed by atoms with E-state index in [1.54, 1.807) is 0 Å². The van der Waals surface area contributed by atoms with Gasteiger partial charge < -0.3 is 5.73 Å². The number of amides is 1. The van der Waals surface area contributed by atoms with E-state index < -0.39 is 0 Å². The number of hydrogen-bond donors (Lipinski definition) is 3. The molecule has 24 heavy (non-hydrogen) atoms. The molecule has 0 radical (unpaired) electrons. The summed E-state index contributed by atoms with van der Waals surface area (Å²) in [7, 11) is 0. The zero-order chi connectivity index (χ0) is 16.3. The number of aromatic nitrogens is 3. The second-order valence-electron chi connectivity index (χ2n) is 6.11. The number of hydrogen-bond acceptors (Lipinski definition) is 8. The highest BCUT2D eigenvalue weighted by Gasteiger charge is 2.41. The molecule has 126 valence electrons. The molecule has 2 aromatic heterocycles. The molecule has 1 unspecified atom stereocenters. The summed E-state index contributed by atoms with van der Waals surface area (Å²) in [4.78, 5) is 12.6. The van der Waals surface area contributed by atoms with Crippen LogP contribution in [0.1, 0.15) is 35.0 Å². The third-order valence-corrected chi connectivity index (χ3v) is 6.89. The number of thiophene rings is 1. The molecule has 1 atom stereocenters. The lowest BCUT2D eigenvalue weighted by Gasteiger charge is -2.31. The number of hydrazine groups is 1. The van der Waals surface area contributed by atoms with Crippen molar-refractivity contribution in [3.8, 4) is 5.00 Å². The van der Waals surface area contributed by atoms with Crippen LogP contribution in [0, 0.1) is 0 Å². The van der Waals surface area contributed by atoms with Gasteiger partial charge in [-0.05, 0) is 31.2 Å². The summed E-state index contributed by atoms with van der Waals surface area (Å²) in [6.45, 7) is 0.700. The van der Waals surface area contributed by atoms with Crippen molar-refractivity contribution < 1.29 is 4.79 Å². The fraction of sp³-hybridized carbons (Fsp3) is 0.500. The highest BCUT2D eigenvalue weighted by molar-refractivity contribution is 7.99. The van der Waals surface area contributed by atoms with Crippen LogP contribution in [0.25, 0.3) is 5.00 Å². The minimum Gasteiger partial charge on any atom is -0.369 e. The minimum atomic E-state index is -0.349. The summed E-state index contributed by atoms with van der Waals surface area (Å²) in [5, 5.41) is 16.1. The lowest BCUT2D eigenvalue weighted by molar-refractivity contribution is -0.115. The molecule has 2 aliphatic heterocycles. The summed E-state index contributed by atoms with van der Waals surface area (Å²) >= 11 is 3.18. The lowest BCUT2D eigenvalue weighted by Crippen LogP contribution is -2.39. The summed E-state index contributed by atoms with van der Waals surface area (Å²) in [6, 6.07) is 0. The predicted octanol–water partition coefficient (Wildman–Crippen LogP) is 0.669. The molecule has 5 rings (SSSR count). The maximum atomic E-state index is 11.2. The Morgan fingerprint density at radius 2 is 2.25 bits per heavy atom. The van der Waals surface area contributed by atoms with Gasteiger partial charge in [-0.25, -0.2) is 9.99 Å². The number of carbonyl (C=O) groups excluding carboxylic acids is 1. The minimum absolute atomic E-state index is 0.101. The second kappa shape index (κ2) is 5.45. The van der Waals surface area contributed by atoms with Gasteiger partial charge in [0.25, 0.3) is 0 Å². The van der Waals surface area contributed by atoms with Gasteiger partial charge in [-0.15, -0.1) is 21.5 Å². The van der Waals surface area contributed by atoms with Gasteiger partial charge in [0, 0.05) is 10.4 Å². The Hall–Kier alpha value is -1.62. The molecule has 1 fully saturated rings. The molecule has 0 bridgehead atoms. The van der Waals surface area contributed by atoms with Gasteiger partial charge in [0.05, 0.1) is 12.4 Å². The summed E-state index contributed by atoms with van der Waals surface area (Å²) < 4.78 is 2.07. The molecule has 4 N–H and O–H groups in total. The molecule has 4 heterocycles. The van der Waals surface area contributed by atoms with E-state index in [4.69, 9.17) is 5.73 Å². The number of fused-ring (bicyclic) bond motifs is 8. The number of thioether (sulfide) groups is 1. The van der Waals surface area contributed by atoms with Crippen LogP contribution in [0.4, 0.5) is 5.95 Å². The first-order valence-electron chi connectivity index (χ1n) is 8.01. The topological polar surface area (TPSA) is 101 Å². The molecule has 8 nitrogen and oxygen atoms in total. The van der Waals surface area contributed by atoms with Crippen LogP contribution in [0.5, 0.6) is 0 Å². The van der Waals surface area contributed by atoms with E-state index in [1.165, 1.54) is 45.6 Å². The standard InChI is InChI=1S/C14H17N7OS2/c15-9(22)5-23-14-19-18-13-20(14)12-10(11-16-6-17-21(11)13)7-3-1-2-4-8(7)24-12/h11,16-17H,1-6H2,(H2,15,22). The molecular formula is C14H17N7OS2. The average Bonchev–Trinajstić information content (AvgIpc) is 3.27. The lowest BCUT2D eigenvalue weighted by atomic mass is 9.94. The maximum absolute atomic E-state index is 11.2. The highest BCUT2D eigenvalue weighted by atomic mass is 32.2. The Labute approximate surface area is 146 Å². The molecule has 1 amide bonds. The predicted molar refractivity (Wildman–Crippen MR) is 92.2 cm³/mol. The van der Waals surface area contributed by atoms with Crippen molar-refractivity contribution in [2.45, 2.75) is 37.0 Å². The van der Waals surface area contributed by atoms with E-state index in [0.717, 1.165) is 23.9 Å². The molecule has 1 saturated heterocycles. The fourth-order valence-corrected chi connectivity index (χ4v) is 5.83. The van der Waals surface area contributed by atoms with Gasteiger partial charge in [0.15, 0.2) is 5.16 Å². The Balaban J connectivity index is 1.68. The van der Waals surface area contributed by atoms with Crippen LogP contribution in [-0.4, -0.2) is 33.1 Å². The van der Waals surface area contributed by atoms with E-state index >= 15 is 0 Å². The largest absolute Gasteiger partial charge is 0.369 e. The number of nitrogens with two attached hydrogens (primary N) is 1.